The maximum atomic E-state index is 12.9. The number of anilines is 1. The first-order valence-corrected chi connectivity index (χ1v) is 9.51. The molecule has 144 valence electrons. The van der Waals surface area contributed by atoms with Gasteiger partial charge < -0.3 is 14.8 Å². The molecular formula is C19H18BrN5O3. The smallest absolute Gasteiger partial charge is 0.259 e. The van der Waals surface area contributed by atoms with Crippen molar-refractivity contribution in [2.75, 3.05) is 19.5 Å². The van der Waals surface area contributed by atoms with Crippen LogP contribution in [0.15, 0.2) is 40.9 Å². The maximum absolute atomic E-state index is 12.9. The fourth-order valence-corrected chi connectivity index (χ4v) is 3.55. The highest BCUT2D eigenvalue weighted by atomic mass is 79.9. The molecule has 0 saturated heterocycles. The molecule has 1 saturated carbocycles. The zero-order chi connectivity index (χ0) is 19.7. The molecule has 9 heteroatoms. The molecule has 8 nitrogen and oxygen atoms in total. The van der Waals surface area contributed by atoms with Crippen LogP contribution >= 0.6 is 15.9 Å². The standard InChI is InChI=1S/C19H18BrN5O3/c1-27-14-9-15(17(28-2)16(20)10-14)19(26)21-12-5-3-4-11(8-12)18-22-23-24-25(18)13-6-7-13/h3-5,8-10,13H,6-7H2,1-2H3,(H,21,26). The van der Waals surface area contributed by atoms with Crippen LogP contribution < -0.4 is 14.8 Å². The van der Waals surface area contributed by atoms with Gasteiger partial charge in [-0.1, -0.05) is 12.1 Å². The zero-order valence-electron chi connectivity index (χ0n) is 15.3. The summed E-state index contributed by atoms with van der Waals surface area (Å²) in [6, 6.07) is 11.2. The molecule has 0 atom stereocenters. The van der Waals surface area contributed by atoms with Gasteiger partial charge in [-0.05, 0) is 63.5 Å². The fourth-order valence-electron chi connectivity index (χ4n) is 2.95. The monoisotopic (exact) mass is 443 g/mol. The Morgan fingerprint density at radius 1 is 1.21 bits per heavy atom. The predicted molar refractivity (Wildman–Crippen MR) is 107 cm³/mol. The number of carbonyl (C=O) groups excluding carboxylic acids is 1. The molecule has 0 bridgehead atoms. The predicted octanol–water partition coefficient (Wildman–Crippen LogP) is 3.71. The molecule has 2 aromatic carbocycles. The summed E-state index contributed by atoms with van der Waals surface area (Å²) in [5, 5.41) is 14.9. The molecule has 1 aromatic heterocycles. The van der Waals surface area contributed by atoms with Crippen molar-refractivity contribution >= 4 is 27.5 Å². The first-order chi connectivity index (χ1) is 13.6. The Labute approximate surface area is 170 Å². The normalized spacial score (nSPS) is 13.2. The van der Waals surface area contributed by atoms with E-state index in [1.54, 1.807) is 19.2 Å². The molecule has 0 radical (unpaired) electrons. The summed E-state index contributed by atoms with van der Waals surface area (Å²) in [5.74, 6) is 1.37. The van der Waals surface area contributed by atoms with Gasteiger partial charge in [0.1, 0.15) is 11.5 Å². The van der Waals surface area contributed by atoms with Crippen LogP contribution in [0.4, 0.5) is 5.69 Å². The van der Waals surface area contributed by atoms with Crippen molar-refractivity contribution in [3.8, 4) is 22.9 Å². The van der Waals surface area contributed by atoms with Gasteiger partial charge in [0.2, 0.25) is 0 Å². The lowest BCUT2D eigenvalue weighted by Crippen LogP contribution is -2.14. The molecule has 1 aliphatic carbocycles. The van der Waals surface area contributed by atoms with Gasteiger partial charge in [0.25, 0.3) is 5.91 Å². The number of ether oxygens (including phenoxy) is 2. The van der Waals surface area contributed by atoms with Gasteiger partial charge in [-0.2, -0.15) is 0 Å². The van der Waals surface area contributed by atoms with Crippen molar-refractivity contribution < 1.29 is 14.3 Å². The van der Waals surface area contributed by atoms with Crippen molar-refractivity contribution in [3.63, 3.8) is 0 Å². The van der Waals surface area contributed by atoms with E-state index in [4.69, 9.17) is 9.47 Å². The average Bonchev–Trinajstić information content (AvgIpc) is 3.43. The number of hydrogen-bond donors (Lipinski definition) is 1. The first kappa shape index (κ1) is 18.4. The number of hydrogen-bond acceptors (Lipinski definition) is 6. The number of nitrogens with zero attached hydrogens (tertiary/aromatic N) is 4. The summed E-state index contributed by atoms with van der Waals surface area (Å²) in [4.78, 5) is 12.9. The van der Waals surface area contributed by atoms with Crippen LogP contribution in [0.2, 0.25) is 0 Å². The summed E-state index contributed by atoms with van der Waals surface area (Å²) in [6.45, 7) is 0. The topological polar surface area (TPSA) is 91.2 Å². The van der Waals surface area contributed by atoms with Crippen LogP contribution in [0.1, 0.15) is 29.2 Å². The van der Waals surface area contributed by atoms with Crippen molar-refractivity contribution in [1.29, 1.82) is 0 Å². The minimum absolute atomic E-state index is 0.310. The number of tetrazole rings is 1. The first-order valence-electron chi connectivity index (χ1n) is 8.72. The number of nitrogens with one attached hydrogen (secondary N) is 1. The van der Waals surface area contributed by atoms with E-state index in [0.717, 1.165) is 18.4 Å². The largest absolute Gasteiger partial charge is 0.497 e. The number of carbonyl (C=O) groups is 1. The SMILES string of the molecule is COc1cc(Br)c(OC)c(C(=O)Nc2cccc(-c3nnnn3C3CC3)c2)c1. The second-order valence-corrected chi connectivity index (χ2v) is 7.26. The number of aromatic nitrogens is 4. The van der Waals surface area contributed by atoms with Crippen molar-refractivity contribution in [3.05, 3.63) is 46.4 Å². The van der Waals surface area contributed by atoms with Gasteiger partial charge in [-0.15, -0.1) is 5.10 Å². The summed E-state index contributed by atoms with van der Waals surface area (Å²) in [5.41, 5.74) is 1.84. The third-order valence-corrected chi connectivity index (χ3v) is 5.05. The Bertz CT molecular complexity index is 1030. The van der Waals surface area contributed by atoms with Crippen LogP contribution in [-0.2, 0) is 0 Å². The van der Waals surface area contributed by atoms with E-state index in [1.807, 2.05) is 28.9 Å². The van der Waals surface area contributed by atoms with Gasteiger partial charge in [0.15, 0.2) is 5.82 Å². The summed E-state index contributed by atoms with van der Waals surface area (Å²) in [6.07, 6.45) is 2.16. The molecule has 4 rings (SSSR count). The van der Waals surface area contributed by atoms with E-state index < -0.39 is 0 Å². The maximum Gasteiger partial charge on any atom is 0.259 e. The number of amides is 1. The molecule has 1 fully saturated rings. The van der Waals surface area contributed by atoms with Gasteiger partial charge in [-0.25, -0.2) is 4.68 Å². The molecular weight excluding hydrogens is 426 g/mol. The number of methoxy groups -OCH3 is 2. The molecule has 3 aromatic rings. The van der Waals surface area contributed by atoms with Crippen molar-refractivity contribution in [2.24, 2.45) is 0 Å². The Balaban J connectivity index is 1.62. The molecule has 1 heterocycles. The highest BCUT2D eigenvalue weighted by Crippen LogP contribution is 2.37. The Kier molecular flexibility index (Phi) is 4.99. The van der Waals surface area contributed by atoms with E-state index in [0.29, 0.717) is 39.1 Å². The molecule has 0 aliphatic heterocycles. The van der Waals surface area contributed by atoms with E-state index in [-0.39, 0.29) is 5.91 Å². The van der Waals surface area contributed by atoms with Crippen LogP contribution in [0, 0.1) is 0 Å². The average molecular weight is 444 g/mol. The number of rotatable bonds is 6. The molecule has 0 spiro atoms. The number of benzene rings is 2. The Morgan fingerprint density at radius 2 is 2.04 bits per heavy atom. The molecule has 28 heavy (non-hydrogen) atoms. The highest BCUT2D eigenvalue weighted by Gasteiger charge is 2.28. The van der Waals surface area contributed by atoms with Crippen LogP contribution in [0.5, 0.6) is 11.5 Å². The Morgan fingerprint density at radius 3 is 2.75 bits per heavy atom. The molecule has 1 aliphatic rings. The van der Waals surface area contributed by atoms with Crippen LogP contribution in [-0.4, -0.2) is 40.3 Å². The summed E-state index contributed by atoms with van der Waals surface area (Å²) in [7, 11) is 3.06. The van der Waals surface area contributed by atoms with E-state index in [9.17, 15) is 4.79 Å². The van der Waals surface area contributed by atoms with Gasteiger partial charge in [0, 0.05) is 11.3 Å². The van der Waals surface area contributed by atoms with E-state index in [2.05, 4.69) is 36.8 Å². The fraction of sp³-hybridized carbons (Fsp3) is 0.263. The third-order valence-electron chi connectivity index (χ3n) is 4.47. The lowest BCUT2D eigenvalue weighted by Gasteiger charge is -2.13. The lowest BCUT2D eigenvalue weighted by atomic mass is 10.1. The Hall–Kier alpha value is -2.94. The second kappa shape index (κ2) is 7.59. The molecule has 1 N–H and O–H groups in total. The van der Waals surface area contributed by atoms with Crippen LogP contribution in [0.3, 0.4) is 0 Å². The molecule has 1 amide bonds. The summed E-state index contributed by atoms with van der Waals surface area (Å²) >= 11 is 3.41. The third kappa shape index (κ3) is 3.57. The van der Waals surface area contributed by atoms with Crippen molar-refractivity contribution in [2.45, 2.75) is 18.9 Å². The minimum atomic E-state index is -0.310. The quantitative estimate of drug-likeness (QED) is 0.624. The zero-order valence-corrected chi connectivity index (χ0v) is 16.9. The minimum Gasteiger partial charge on any atom is -0.497 e. The second-order valence-electron chi connectivity index (χ2n) is 6.40. The van der Waals surface area contributed by atoms with E-state index in [1.165, 1.54) is 7.11 Å². The number of halogens is 1. The van der Waals surface area contributed by atoms with Crippen molar-refractivity contribution in [1.82, 2.24) is 20.2 Å². The lowest BCUT2D eigenvalue weighted by molar-refractivity contribution is 0.102. The van der Waals surface area contributed by atoms with Gasteiger partial charge >= 0.3 is 0 Å². The highest BCUT2D eigenvalue weighted by molar-refractivity contribution is 9.10. The van der Waals surface area contributed by atoms with E-state index >= 15 is 0 Å². The van der Waals surface area contributed by atoms with Gasteiger partial charge in [0.05, 0.1) is 30.3 Å². The van der Waals surface area contributed by atoms with Gasteiger partial charge in [-0.3, -0.25) is 4.79 Å². The molecule has 0 unspecified atom stereocenters. The summed E-state index contributed by atoms with van der Waals surface area (Å²) < 4.78 is 13.1. The van der Waals surface area contributed by atoms with Crippen LogP contribution in [0.25, 0.3) is 11.4 Å².